The fourth-order valence-corrected chi connectivity index (χ4v) is 0.909. The summed E-state index contributed by atoms with van der Waals surface area (Å²) in [6, 6.07) is 3.34. The predicted octanol–water partition coefficient (Wildman–Crippen LogP) is 1.03. The standard InChI is InChI=1S/C9H12N2O2/c1-3-8(12)11-7-5-4-6(2)10-9(7)13/h4-5H,3H2,1-2H3,(H,10,13)(H,11,12). The topological polar surface area (TPSA) is 62.0 Å². The van der Waals surface area contributed by atoms with Gasteiger partial charge in [-0.1, -0.05) is 6.92 Å². The Morgan fingerprint density at radius 1 is 1.54 bits per heavy atom. The first-order valence-electron chi connectivity index (χ1n) is 4.13. The van der Waals surface area contributed by atoms with Gasteiger partial charge in [0.15, 0.2) is 0 Å². The number of anilines is 1. The van der Waals surface area contributed by atoms with Crippen molar-refractivity contribution in [3.8, 4) is 0 Å². The zero-order chi connectivity index (χ0) is 9.84. The molecule has 4 nitrogen and oxygen atoms in total. The molecule has 1 heterocycles. The molecular weight excluding hydrogens is 168 g/mol. The average molecular weight is 180 g/mol. The molecular formula is C9H12N2O2. The molecule has 0 aliphatic heterocycles. The molecule has 0 saturated carbocycles. The van der Waals surface area contributed by atoms with E-state index in [-0.39, 0.29) is 11.5 Å². The summed E-state index contributed by atoms with van der Waals surface area (Å²) in [5.41, 5.74) is 0.818. The number of rotatable bonds is 2. The van der Waals surface area contributed by atoms with E-state index in [0.717, 1.165) is 5.69 Å². The minimum absolute atomic E-state index is 0.158. The van der Waals surface area contributed by atoms with E-state index in [1.54, 1.807) is 26.0 Å². The first-order chi connectivity index (χ1) is 6.13. The summed E-state index contributed by atoms with van der Waals surface area (Å²) < 4.78 is 0. The molecule has 1 aromatic rings. The second kappa shape index (κ2) is 3.89. The average Bonchev–Trinajstić information content (AvgIpc) is 2.09. The third kappa shape index (κ3) is 2.43. The quantitative estimate of drug-likeness (QED) is 0.714. The van der Waals surface area contributed by atoms with E-state index in [0.29, 0.717) is 12.1 Å². The van der Waals surface area contributed by atoms with Crippen molar-refractivity contribution in [3.63, 3.8) is 0 Å². The summed E-state index contributed by atoms with van der Waals surface area (Å²) >= 11 is 0. The van der Waals surface area contributed by atoms with E-state index >= 15 is 0 Å². The first kappa shape index (κ1) is 9.51. The van der Waals surface area contributed by atoms with Gasteiger partial charge in [-0.25, -0.2) is 0 Å². The summed E-state index contributed by atoms with van der Waals surface area (Å²) in [5.74, 6) is -0.158. The zero-order valence-corrected chi connectivity index (χ0v) is 7.68. The van der Waals surface area contributed by atoms with E-state index in [4.69, 9.17) is 0 Å². The van der Waals surface area contributed by atoms with E-state index in [1.807, 2.05) is 0 Å². The molecule has 0 bridgehead atoms. The van der Waals surface area contributed by atoms with Crippen LogP contribution in [0.1, 0.15) is 19.0 Å². The first-order valence-corrected chi connectivity index (χ1v) is 4.13. The van der Waals surface area contributed by atoms with Crippen molar-refractivity contribution in [1.29, 1.82) is 0 Å². The van der Waals surface area contributed by atoms with Crippen LogP contribution in [0.4, 0.5) is 5.69 Å². The highest BCUT2D eigenvalue weighted by atomic mass is 16.2. The molecule has 70 valence electrons. The number of H-pyrrole nitrogens is 1. The van der Waals surface area contributed by atoms with Crippen molar-refractivity contribution in [1.82, 2.24) is 4.98 Å². The molecule has 0 atom stereocenters. The normalized spacial score (nSPS) is 9.69. The molecule has 0 radical (unpaired) electrons. The molecule has 1 aromatic heterocycles. The molecule has 0 saturated heterocycles. The Labute approximate surface area is 76.0 Å². The Morgan fingerprint density at radius 3 is 2.77 bits per heavy atom. The van der Waals surface area contributed by atoms with Crippen LogP contribution in [0.15, 0.2) is 16.9 Å². The van der Waals surface area contributed by atoms with Crippen LogP contribution in [-0.2, 0) is 4.79 Å². The number of amides is 1. The van der Waals surface area contributed by atoms with Crippen molar-refractivity contribution in [3.05, 3.63) is 28.2 Å². The van der Waals surface area contributed by atoms with Gasteiger partial charge < -0.3 is 10.3 Å². The van der Waals surface area contributed by atoms with Crippen molar-refractivity contribution in [2.45, 2.75) is 20.3 Å². The maximum absolute atomic E-state index is 11.2. The lowest BCUT2D eigenvalue weighted by atomic mass is 10.3. The lowest BCUT2D eigenvalue weighted by molar-refractivity contribution is -0.115. The van der Waals surface area contributed by atoms with Crippen molar-refractivity contribution >= 4 is 11.6 Å². The van der Waals surface area contributed by atoms with Crippen LogP contribution in [0.2, 0.25) is 0 Å². The van der Waals surface area contributed by atoms with Gasteiger partial charge in [0.1, 0.15) is 5.69 Å². The van der Waals surface area contributed by atoms with E-state index in [9.17, 15) is 9.59 Å². The maximum Gasteiger partial charge on any atom is 0.271 e. The Hall–Kier alpha value is -1.58. The zero-order valence-electron chi connectivity index (χ0n) is 7.68. The number of aromatic amines is 1. The second-order valence-corrected chi connectivity index (χ2v) is 2.79. The molecule has 0 fully saturated rings. The summed E-state index contributed by atoms with van der Waals surface area (Å²) in [6.45, 7) is 3.52. The number of hydrogen-bond acceptors (Lipinski definition) is 2. The fraction of sp³-hybridized carbons (Fsp3) is 0.333. The molecule has 0 aromatic carbocycles. The van der Waals surface area contributed by atoms with Gasteiger partial charge in [-0.05, 0) is 19.1 Å². The molecule has 0 spiro atoms. The van der Waals surface area contributed by atoms with Crippen LogP contribution in [0.25, 0.3) is 0 Å². The van der Waals surface area contributed by atoms with Crippen LogP contribution in [-0.4, -0.2) is 10.9 Å². The van der Waals surface area contributed by atoms with Gasteiger partial charge in [-0.2, -0.15) is 0 Å². The lowest BCUT2D eigenvalue weighted by Crippen LogP contribution is -2.19. The third-order valence-electron chi connectivity index (χ3n) is 1.65. The van der Waals surface area contributed by atoms with Gasteiger partial charge in [-0.15, -0.1) is 0 Å². The summed E-state index contributed by atoms with van der Waals surface area (Å²) in [7, 11) is 0. The van der Waals surface area contributed by atoms with Crippen molar-refractivity contribution < 1.29 is 4.79 Å². The Balaban J connectivity index is 2.90. The maximum atomic E-state index is 11.2. The van der Waals surface area contributed by atoms with E-state index in [1.165, 1.54) is 0 Å². The van der Waals surface area contributed by atoms with Crippen LogP contribution < -0.4 is 10.9 Å². The van der Waals surface area contributed by atoms with Gasteiger partial charge in [0.05, 0.1) is 0 Å². The number of carbonyl (C=O) groups is 1. The number of pyridine rings is 1. The monoisotopic (exact) mass is 180 g/mol. The highest BCUT2D eigenvalue weighted by Crippen LogP contribution is 1.99. The molecule has 2 N–H and O–H groups in total. The highest BCUT2D eigenvalue weighted by Gasteiger charge is 2.02. The molecule has 0 unspecified atom stereocenters. The van der Waals surface area contributed by atoms with E-state index < -0.39 is 0 Å². The Bertz CT molecular complexity index is 368. The Morgan fingerprint density at radius 2 is 2.23 bits per heavy atom. The van der Waals surface area contributed by atoms with Crippen molar-refractivity contribution in [2.24, 2.45) is 0 Å². The molecule has 1 amide bonds. The minimum Gasteiger partial charge on any atom is -0.325 e. The van der Waals surface area contributed by atoms with Gasteiger partial charge in [0, 0.05) is 12.1 Å². The molecule has 0 aliphatic carbocycles. The lowest BCUT2D eigenvalue weighted by Gasteiger charge is -2.01. The summed E-state index contributed by atoms with van der Waals surface area (Å²) in [4.78, 5) is 24.8. The third-order valence-corrected chi connectivity index (χ3v) is 1.65. The minimum atomic E-state index is -0.262. The van der Waals surface area contributed by atoms with Gasteiger partial charge >= 0.3 is 0 Å². The smallest absolute Gasteiger partial charge is 0.271 e. The fourth-order valence-electron chi connectivity index (χ4n) is 0.909. The second-order valence-electron chi connectivity index (χ2n) is 2.79. The van der Waals surface area contributed by atoms with Crippen LogP contribution in [0, 0.1) is 6.92 Å². The highest BCUT2D eigenvalue weighted by molar-refractivity contribution is 5.90. The number of aromatic nitrogens is 1. The number of nitrogens with one attached hydrogen (secondary N) is 2. The van der Waals surface area contributed by atoms with Crippen LogP contribution in [0.3, 0.4) is 0 Å². The predicted molar refractivity (Wildman–Crippen MR) is 50.7 cm³/mol. The molecule has 0 aliphatic rings. The summed E-state index contributed by atoms with van der Waals surface area (Å²) in [6.07, 6.45) is 0.368. The van der Waals surface area contributed by atoms with Gasteiger partial charge in [-0.3, -0.25) is 9.59 Å². The SMILES string of the molecule is CCC(=O)Nc1ccc(C)[nH]c1=O. The summed E-state index contributed by atoms with van der Waals surface area (Å²) in [5, 5.41) is 2.50. The molecule has 4 heteroatoms. The molecule has 1 rings (SSSR count). The molecule has 13 heavy (non-hydrogen) atoms. The van der Waals surface area contributed by atoms with Gasteiger partial charge in [0.25, 0.3) is 5.56 Å². The largest absolute Gasteiger partial charge is 0.325 e. The van der Waals surface area contributed by atoms with Crippen molar-refractivity contribution in [2.75, 3.05) is 5.32 Å². The number of hydrogen-bond donors (Lipinski definition) is 2. The van der Waals surface area contributed by atoms with E-state index in [2.05, 4.69) is 10.3 Å². The van der Waals surface area contributed by atoms with Gasteiger partial charge in [0.2, 0.25) is 5.91 Å². The number of carbonyl (C=O) groups excluding carboxylic acids is 1. The van der Waals surface area contributed by atoms with Crippen LogP contribution >= 0.6 is 0 Å². The van der Waals surface area contributed by atoms with Crippen LogP contribution in [0.5, 0.6) is 0 Å². The number of aryl methyl sites for hydroxylation is 1. The Kier molecular flexibility index (Phi) is 2.84.